The van der Waals surface area contributed by atoms with Gasteiger partial charge in [0, 0.05) is 5.56 Å². The van der Waals surface area contributed by atoms with Crippen molar-refractivity contribution < 1.29 is 19.0 Å². The van der Waals surface area contributed by atoms with E-state index in [1.807, 2.05) is 104 Å². The van der Waals surface area contributed by atoms with Gasteiger partial charge in [-0.2, -0.15) is 0 Å². The van der Waals surface area contributed by atoms with Crippen LogP contribution in [0.25, 0.3) is 11.8 Å². The smallest absolute Gasteiger partial charge is 0.338 e. The van der Waals surface area contributed by atoms with Gasteiger partial charge in [-0.05, 0) is 60.2 Å². The Bertz CT molecular complexity index is 2110. The minimum absolute atomic E-state index is 0.195. The van der Waals surface area contributed by atoms with Gasteiger partial charge in [0.1, 0.15) is 6.61 Å². The maximum atomic E-state index is 14.3. The lowest BCUT2D eigenvalue weighted by molar-refractivity contribution is -0.138. The van der Waals surface area contributed by atoms with E-state index in [1.54, 1.807) is 11.5 Å². The molecule has 0 N–H and O–H groups in total. The van der Waals surface area contributed by atoms with Crippen LogP contribution < -0.4 is 24.4 Å². The fourth-order valence-corrected chi connectivity index (χ4v) is 6.71. The highest BCUT2D eigenvalue weighted by Gasteiger charge is 2.35. The third-order valence-electron chi connectivity index (χ3n) is 8.10. The summed E-state index contributed by atoms with van der Waals surface area (Å²) in [5.41, 5.74) is 5.16. The second kappa shape index (κ2) is 14.7. The van der Waals surface area contributed by atoms with E-state index in [0.29, 0.717) is 51.2 Å². The number of hydrogen-bond acceptors (Lipinski definition) is 7. The van der Waals surface area contributed by atoms with E-state index < -0.39 is 12.0 Å². The molecule has 1 atom stereocenters. The molecular formula is C40H38N2O5S. The molecule has 1 aromatic heterocycles. The van der Waals surface area contributed by atoms with Gasteiger partial charge in [0.2, 0.25) is 0 Å². The molecule has 0 saturated carbocycles. The van der Waals surface area contributed by atoms with Crippen molar-refractivity contribution in [3.8, 4) is 11.5 Å². The van der Waals surface area contributed by atoms with Crippen LogP contribution in [0.5, 0.6) is 11.5 Å². The Hall–Kier alpha value is -5.21. The molecule has 8 heteroatoms. The molecule has 0 radical (unpaired) electrons. The number of thiazole rings is 1. The van der Waals surface area contributed by atoms with Gasteiger partial charge in [0.25, 0.3) is 5.56 Å². The number of benzene rings is 4. The number of carbonyl (C=O) groups excluding carboxylic acids is 1. The molecule has 0 amide bonds. The number of nitrogens with zero attached hydrogens (tertiary/aromatic N) is 2. The zero-order valence-electron chi connectivity index (χ0n) is 27.5. The van der Waals surface area contributed by atoms with Crippen LogP contribution in [0.3, 0.4) is 0 Å². The van der Waals surface area contributed by atoms with Crippen LogP contribution in [-0.2, 0) is 16.1 Å². The molecule has 0 fully saturated rings. The number of carbonyl (C=O) groups is 1. The van der Waals surface area contributed by atoms with Gasteiger partial charge in [0.15, 0.2) is 16.3 Å². The number of aromatic nitrogens is 1. The van der Waals surface area contributed by atoms with E-state index in [-0.39, 0.29) is 12.2 Å². The van der Waals surface area contributed by atoms with Crippen LogP contribution in [0.2, 0.25) is 0 Å². The number of ether oxygens (including phenoxy) is 3. The molecular weight excluding hydrogens is 621 g/mol. The molecule has 0 aliphatic carbocycles. The molecule has 7 nitrogen and oxygen atoms in total. The zero-order chi connectivity index (χ0) is 33.6. The Morgan fingerprint density at radius 3 is 2.25 bits per heavy atom. The normalized spacial score (nSPS) is 14.4. The predicted octanol–water partition coefficient (Wildman–Crippen LogP) is 7.04. The zero-order valence-corrected chi connectivity index (χ0v) is 28.3. The number of rotatable bonds is 11. The van der Waals surface area contributed by atoms with Crippen molar-refractivity contribution in [1.82, 2.24) is 4.57 Å². The highest BCUT2D eigenvalue weighted by molar-refractivity contribution is 7.07. The van der Waals surface area contributed by atoms with Crippen molar-refractivity contribution in [1.29, 1.82) is 0 Å². The second-order valence-corrected chi connectivity index (χ2v) is 12.7. The number of fused-ring (bicyclic) bond motifs is 1. The third-order valence-corrected chi connectivity index (χ3v) is 9.08. The first-order valence-electron chi connectivity index (χ1n) is 16.2. The molecule has 48 heavy (non-hydrogen) atoms. The quantitative estimate of drug-likeness (QED) is 0.142. The van der Waals surface area contributed by atoms with Gasteiger partial charge in [-0.25, -0.2) is 9.79 Å². The van der Waals surface area contributed by atoms with Gasteiger partial charge in [-0.3, -0.25) is 9.36 Å². The van der Waals surface area contributed by atoms with E-state index in [2.05, 4.69) is 26.0 Å². The van der Waals surface area contributed by atoms with Crippen LogP contribution in [0.15, 0.2) is 118 Å². The van der Waals surface area contributed by atoms with Crippen LogP contribution in [0, 0.1) is 0 Å². The van der Waals surface area contributed by atoms with Crippen molar-refractivity contribution in [2.24, 2.45) is 4.99 Å². The summed E-state index contributed by atoms with van der Waals surface area (Å²) in [6, 6.07) is 32.5. The van der Waals surface area contributed by atoms with Gasteiger partial charge < -0.3 is 14.2 Å². The van der Waals surface area contributed by atoms with Crippen molar-refractivity contribution >= 4 is 29.1 Å². The average Bonchev–Trinajstić information content (AvgIpc) is 3.42. The monoisotopic (exact) mass is 658 g/mol. The number of hydrogen-bond donors (Lipinski definition) is 0. The summed E-state index contributed by atoms with van der Waals surface area (Å²) in [5, 5.41) is 0. The molecule has 0 unspecified atom stereocenters. The minimum atomic E-state index is -0.730. The SMILES string of the molecule is CCOC(=O)C1=C(c2ccccc2)N=c2s/c(=C\c3ccc(OCc4ccccc4)c(OCC)c3)c(=O)n2[C@@H]1c1ccc(C(C)C)cc1. The predicted molar refractivity (Wildman–Crippen MR) is 190 cm³/mol. The summed E-state index contributed by atoms with van der Waals surface area (Å²) >= 11 is 1.29. The standard InChI is InChI=1S/C40H38N2O5S/c1-5-45-33-23-28(17-22-32(33)47-25-27-13-9-7-10-14-27)24-34-38(43)42-37(31-20-18-29(19-21-31)26(3)4)35(39(44)46-6-2)36(41-40(42)48-34)30-15-11-8-12-16-30/h7-24,26,37H,5-6,25H2,1-4H3/b34-24-/t37-/m1/s1. The van der Waals surface area contributed by atoms with Crippen LogP contribution >= 0.6 is 11.3 Å². The van der Waals surface area contributed by atoms with E-state index in [4.69, 9.17) is 19.2 Å². The molecule has 5 aromatic rings. The Morgan fingerprint density at radius 2 is 1.58 bits per heavy atom. The summed E-state index contributed by atoms with van der Waals surface area (Å²) in [5.74, 6) is 1.04. The van der Waals surface area contributed by atoms with E-state index in [1.165, 1.54) is 11.3 Å². The summed E-state index contributed by atoms with van der Waals surface area (Å²) in [4.78, 5) is 33.5. The highest BCUT2D eigenvalue weighted by Crippen LogP contribution is 2.36. The Balaban J connectivity index is 1.49. The maximum absolute atomic E-state index is 14.3. The molecule has 4 aromatic carbocycles. The van der Waals surface area contributed by atoms with E-state index >= 15 is 0 Å². The van der Waals surface area contributed by atoms with Gasteiger partial charge in [-0.1, -0.05) is 116 Å². The van der Waals surface area contributed by atoms with Crippen LogP contribution in [0.4, 0.5) is 0 Å². The number of esters is 1. The molecule has 0 spiro atoms. The van der Waals surface area contributed by atoms with Gasteiger partial charge in [-0.15, -0.1) is 0 Å². The minimum Gasteiger partial charge on any atom is -0.490 e. The van der Waals surface area contributed by atoms with Crippen LogP contribution in [-0.4, -0.2) is 23.8 Å². The van der Waals surface area contributed by atoms with Crippen LogP contribution in [0.1, 0.15) is 67.5 Å². The lowest BCUT2D eigenvalue weighted by Gasteiger charge is -2.26. The largest absolute Gasteiger partial charge is 0.490 e. The molecule has 1 aliphatic rings. The van der Waals surface area contributed by atoms with Crippen molar-refractivity contribution in [3.05, 3.63) is 156 Å². The van der Waals surface area contributed by atoms with E-state index in [9.17, 15) is 9.59 Å². The fourth-order valence-electron chi connectivity index (χ4n) is 5.71. The highest BCUT2D eigenvalue weighted by atomic mass is 32.1. The lowest BCUT2D eigenvalue weighted by atomic mass is 9.91. The molecule has 0 bridgehead atoms. The van der Waals surface area contributed by atoms with Crippen molar-refractivity contribution in [2.45, 2.75) is 46.3 Å². The Kier molecular flexibility index (Phi) is 10.0. The molecule has 0 saturated heterocycles. The lowest BCUT2D eigenvalue weighted by Crippen LogP contribution is -2.40. The summed E-state index contributed by atoms with van der Waals surface area (Å²) in [6.45, 7) is 9.02. The summed E-state index contributed by atoms with van der Waals surface area (Å²) < 4.78 is 19.7. The average molecular weight is 659 g/mol. The Labute approximate surface area is 284 Å². The molecule has 2 heterocycles. The molecule has 6 rings (SSSR count). The summed E-state index contributed by atoms with van der Waals surface area (Å²) in [7, 11) is 0. The first-order valence-corrected chi connectivity index (χ1v) is 17.0. The first-order chi connectivity index (χ1) is 23.4. The van der Waals surface area contributed by atoms with Gasteiger partial charge in [0.05, 0.1) is 35.1 Å². The first kappa shape index (κ1) is 32.7. The fraction of sp³-hybridized carbons (Fsp3) is 0.225. The van der Waals surface area contributed by atoms with Crippen molar-refractivity contribution in [2.75, 3.05) is 13.2 Å². The second-order valence-electron chi connectivity index (χ2n) is 11.7. The third kappa shape index (κ3) is 6.89. The topological polar surface area (TPSA) is 79.1 Å². The van der Waals surface area contributed by atoms with E-state index in [0.717, 1.165) is 27.8 Å². The molecule has 244 valence electrons. The molecule has 1 aliphatic heterocycles. The van der Waals surface area contributed by atoms with Crippen molar-refractivity contribution in [3.63, 3.8) is 0 Å². The van der Waals surface area contributed by atoms with Gasteiger partial charge >= 0.3 is 5.97 Å². The maximum Gasteiger partial charge on any atom is 0.338 e. The summed E-state index contributed by atoms with van der Waals surface area (Å²) in [6.07, 6.45) is 1.84. The Morgan fingerprint density at radius 1 is 0.875 bits per heavy atom.